The van der Waals surface area contributed by atoms with Gasteiger partial charge in [-0.1, -0.05) is 13.3 Å². The van der Waals surface area contributed by atoms with E-state index in [-0.39, 0.29) is 31.6 Å². The van der Waals surface area contributed by atoms with Crippen molar-refractivity contribution in [1.29, 1.82) is 0 Å². The van der Waals surface area contributed by atoms with Crippen LogP contribution in [0, 0.1) is 0 Å². The molecule has 1 N–H and O–H groups in total. The Labute approximate surface area is 105 Å². The minimum absolute atomic E-state index is 0.0190. The molecule has 0 aromatic rings. The SMILES string of the molecule is CCCCN(CCO)S(=O)(=O)CCOC(C)C. The Hall–Kier alpha value is -0.170. The second-order valence-corrected chi connectivity index (χ2v) is 6.30. The van der Waals surface area contributed by atoms with Crippen molar-refractivity contribution in [1.82, 2.24) is 4.31 Å². The normalized spacial score (nSPS) is 12.6. The van der Waals surface area contributed by atoms with E-state index in [9.17, 15) is 8.42 Å². The first-order valence-corrected chi connectivity index (χ1v) is 7.75. The number of aliphatic hydroxyl groups is 1. The van der Waals surface area contributed by atoms with Gasteiger partial charge in [0.05, 0.1) is 25.1 Å². The van der Waals surface area contributed by atoms with Crippen molar-refractivity contribution in [2.24, 2.45) is 0 Å². The van der Waals surface area contributed by atoms with Gasteiger partial charge in [-0.15, -0.1) is 0 Å². The zero-order valence-corrected chi connectivity index (χ0v) is 11.9. The summed E-state index contributed by atoms with van der Waals surface area (Å²) in [4.78, 5) is 0. The van der Waals surface area contributed by atoms with Gasteiger partial charge in [0.15, 0.2) is 0 Å². The molecule has 0 fully saturated rings. The first-order chi connectivity index (χ1) is 7.94. The lowest BCUT2D eigenvalue weighted by Crippen LogP contribution is -2.37. The highest BCUT2D eigenvalue weighted by molar-refractivity contribution is 7.89. The van der Waals surface area contributed by atoms with E-state index in [1.54, 1.807) is 0 Å². The molecule has 0 aliphatic carbocycles. The molecule has 0 aliphatic rings. The second kappa shape index (κ2) is 8.85. The maximum Gasteiger partial charge on any atom is 0.216 e. The van der Waals surface area contributed by atoms with Gasteiger partial charge in [0, 0.05) is 13.1 Å². The highest BCUT2D eigenvalue weighted by Crippen LogP contribution is 2.04. The van der Waals surface area contributed by atoms with Gasteiger partial charge < -0.3 is 9.84 Å². The van der Waals surface area contributed by atoms with E-state index in [2.05, 4.69) is 0 Å². The zero-order valence-electron chi connectivity index (χ0n) is 11.1. The number of sulfonamides is 1. The average Bonchev–Trinajstić information content (AvgIpc) is 2.23. The molecule has 0 amide bonds. The Morgan fingerprint density at radius 3 is 2.41 bits per heavy atom. The van der Waals surface area contributed by atoms with Crippen LogP contribution in [0.1, 0.15) is 33.6 Å². The third-order valence-corrected chi connectivity index (χ3v) is 4.13. The smallest absolute Gasteiger partial charge is 0.216 e. The monoisotopic (exact) mass is 267 g/mol. The van der Waals surface area contributed by atoms with E-state index in [0.717, 1.165) is 12.8 Å². The summed E-state index contributed by atoms with van der Waals surface area (Å²) in [5.41, 5.74) is 0. The maximum absolute atomic E-state index is 11.9. The fourth-order valence-corrected chi connectivity index (χ4v) is 2.69. The quantitative estimate of drug-likeness (QED) is 0.637. The summed E-state index contributed by atoms with van der Waals surface area (Å²) in [5.74, 6) is -0.0190. The number of aliphatic hydroxyl groups excluding tert-OH is 1. The van der Waals surface area contributed by atoms with E-state index >= 15 is 0 Å². The summed E-state index contributed by atoms with van der Waals surface area (Å²) in [7, 11) is -3.30. The first kappa shape index (κ1) is 16.8. The highest BCUT2D eigenvalue weighted by atomic mass is 32.2. The molecule has 0 saturated carbocycles. The lowest BCUT2D eigenvalue weighted by Gasteiger charge is -2.21. The molecule has 0 rings (SSSR count). The topological polar surface area (TPSA) is 66.8 Å². The molecule has 6 heteroatoms. The van der Waals surface area contributed by atoms with E-state index in [4.69, 9.17) is 9.84 Å². The molecular weight excluding hydrogens is 242 g/mol. The molecule has 104 valence electrons. The van der Waals surface area contributed by atoms with Crippen LogP contribution >= 0.6 is 0 Å². The Kier molecular flexibility index (Phi) is 8.77. The fraction of sp³-hybridized carbons (Fsp3) is 1.00. The minimum Gasteiger partial charge on any atom is -0.395 e. The summed E-state index contributed by atoms with van der Waals surface area (Å²) in [6.45, 7) is 6.45. The van der Waals surface area contributed by atoms with Crippen LogP contribution in [0.5, 0.6) is 0 Å². The summed E-state index contributed by atoms with van der Waals surface area (Å²) < 4.78 is 30.5. The number of hydrogen-bond donors (Lipinski definition) is 1. The Morgan fingerprint density at radius 2 is 1.94 bits per heavy atom. The van der Waals surface area contributed by atoms with Gasteiger partial charge in [-0.05, 0) is 20.3 Å². The standard InChI is InChI=1S/C11H25NO4S/c1-4-5-6-12(7-8-13)17(14,15)10-9-16-11(2)3/h11,13H,4-10H2,1-3H3. The van der Waals surface area contributed by atoms with E-state index in [1.165, 1.54) is 4.31 Å². The van der Waals surface area contributed by atoms with Crippen molar-refractivity contribution in [3.8, 4) is 0 Å². The molecule has 0 aliphatic heterocycles. The van der Waals surface area contributed by atoms with Gasteiger partial charge >= 0.3 is 0 Å². The van der Waals surface area contributed by atoms with Crippen LogP contribution in [-0.2, 0) is 14.8 Å². The zero-order chi connectivity index (χ0) is 13.3. The molecule has 0 atom stereocenters. The molecule has 5 nitrogen and oxygen atoms in total. The Bertz CT molecular complexity index is 277. The second-order valence-electron chi connectivity index (χ2n) is 4.21. The number of unbranched alkanes of at least 4 members (excludes halogenated alkanes) is 1. The van der Waals surface area contributed by atoms with Crippen molar-refractivity contribution in [3.05, 3.63) is 0 Å². The molecule has 0 radical (unpaired) electrons. The van der Waals surface area contributed by atoms with Crippen LogP contribution in [0.2, 0.25) is 0 Å². The lowest BCUT2D eigenvalue weighted by molar-refractivity contribution is 0.0905. The van der Waals surface area contributed by atoms with Gasteiger partial charge in [-0.3, -0.25) is 0 Å². The van der Waals surface area contributed by atoms with Crippen LogP contribution < -0.4 is 0 Å². The van der Waals surface area contributed by atoms with Gasteiger partial charge in [-0.2, -0.15) is 4.31 Å². The average molecular weight is 267 g/mol. The maximum atomic E-state index is 11.9. The predicted octanol–water partition coefficient (Wildman–Crippen LogP) is 0.836. The van der Waals surface area contributed by atoms with Gasteiger partial charge in [-0.25, -0.2) is 8.42 Å². The van der Waals surface area contributed by atoms with Crippen LogP contribution in [0.25, 0.3) is 0 Å². The van der Waals surface area contributed by atoms with Crippen LogP contribution in [-0.4, -0.2) is 56.0 Å². The molecule has 0 aromatic carbocycles. The number of ether oxygens (including phenoxy) is 1. The van der Waals surface area contributed by atoms with Gasteiger partial charge in [0.1, 0.15) is 0 Å². The third-order valence-electron chi connectivity index (χ3n) is 2.30. The van der Waals surface area contributed by atoms with Crippen molar-refractivity contribution in [2.75, 3.05) is 32.1 Å². The highest BCUT2D eigenvalue weighted by Gasteiger charge is 2.20. The Balaban J connectivity index is 4.28. The van der Waals surface area contributed by atoms with Crippen molar-refractivity contribution in [3.63, 3.8) is 0 Å². The van der Waals surface area contributed by atoms with Crippen LogP contribution in [0.15, 0.2) is 0 Å². The molecule has 0 heterocycles. The van der Waals surface area contributed by atoms with E-state index in [0.29, 0.717) is 6.54 Å². The molecule has 0 saturated heterocycles. The lowest BCUT2D eigenvalue weighted by atomic mass is 10.3. The predicted molar refractivity (Wildman–Crippen MR) is 68.4 cm³/mol. The summed E-state index contributed by atoms with van der Waals surface area (Å²) in [6, 6.07) is 0. The van der Waals surface area contributed by atoms with Gasteiger partial charge in [0.25, 0.3) is 0 Å². The molecule has 17 heavy (non-hydrogen) atoms. The van der Waals surface area contributed by atoms with Crippen LogP contribution in [0.3, 0.4) is 0 Å². The number of hydrogen-bond acceptors (Lipinski definition) is 4. The van der Waals surface area contributed by atoms with Crippen molar-refractivity contribution < 1.29 is 18.3 Å². The first-order valence-electron chi connectivity index (χ1n) is 6.14. The molecule has 0 aromatic heterocycles. The Morgan fingerprint density at radius 1 is 1.29 bits per heavy atom. The van der Waals surface area contributed by atoms with E-state index < -0.39 is 10.0 Å². The summed E-state index contributed by atoms with van der Waals surface area (Å²) in [6.07, 6.45) is 1.77. The summed E-state index contributed by atoms with van der Waals surface area (Å²) in [5, 5.41) is 8.88. The largest absolute Gasteiger partial charge is 0.395 e. The fourth-order valence-electron chi connectivity index (χ4n) is 1.35. The summed E-state index contributed by atoms with van der Waals surface area (Å²) >= 11 is 0. The minimum atomic E-state index is -3.30. The van der Waals surface area contributed by atoms with Crippen molar-refractivity contribution >= 4 is 10.0 Å². The third kappa shape index (κ3) is 7.70. The number of nitrogens with zero attached hydrogens (tertiary/aromatic N) is 1. The molecule has 0 bridgehead atoms. The molecule has 0 spiro atoms. The molecular formula is C11H25NO4S. The van der Waals surface area contributed by atoms with Gasteiger partial charge in [0.2, 0.25) is 10.0 Å². The molecule has 0 unspecified atom stereocenters. The van der Waals surface area contributed by atoms with E-state index in [1.807, 2.05) is 20.8 Å². The number of rotatable bonds is 10. The van der Waals surface area contributed by atoms with Crippen LogP contribution in [0.4, 0.5) is 0 Å². The van der Waals surface area contributed by atoms with Crippen molar-refractivity contribution in [2.45, 2.75) is 39.7 Å².